The molecule has 2 fully saturated rings. The molecule has 1 saturated heterocycles. The maximum absolute atomic E-state index is 14.3. The summed E-state index contributed by atoms with van der Waals surface area (Å²) >= 11 is 3.24. The summed E-state index contributed by atoms with van der Waals surface area (Å²) in [6.07, 6.45) is 1.27. The highest BCUT2D eigenvalue weighted by Gasteiger charge is 2.46. The summed E-state index contributed by atoms with van der Waals surface area (Å²) in [7, 11) is 0. The average Bonchev–Trinajstić information content (AvgIpc) is 3.43. The first kappa shape index (κ1) is 20.5. The Hall–Kier alpha value is -3.14. The van der Waals surface area contributed by atoms with Gasteiger partial charge in [0.15, 0.2) is 11.5 Å². The van der Waals surface area contributed by atoms with E-state index in [0.717, 1.165) is 24.9 Å². The van der Waals surface area contributed by atoms with E-state index in [1.807, 2.05) is 0 Å². The molecule has 0 radical (unpaired) electrons. The van der Waals surface area contributed by atoms with Crippen LogP contribution in [0, 0.1) is 17.7 Å². The molecule has 2 atom stereocenters. The lowest BCUT2D eigenvalue weighted by Gasteiger charge is -2.20. The third-order valence-corrected chi connectivity index (χ3v) is 6.84. The fraction of sp³-hybridized carbons (Fsp3) is 0.348. The van der Waals surface area contributed by atoms with Crippen molar-refractivity contribution in [3.05, 3.63) is 40.6 Å². The van der Waals surface area contributed by atoms with Crippen LogP contribution in [0.1, 0.15) is 6.42 Å². The largest absolute Gasteiger partial charge is 0.486 e. The van der Waals surface area contributed by atoms with Crippen LogP contribution in [0.4, 0.5) is 21.8 Å². The Morgan fingerprint density at radius 3 is 2.73 bits per heavy atom. The first-order valence-corrected chi connectivity index (χ1v) is 11.7. The van der Waals surface area contributed by atoms with Crippen LogP contribution in [0.3, 0.4) is 0 Å². The van der Waals surface area contributed by atoms with Crippen molar-refractivity contribution in [2.24, 2.45) is 11.8 Å². The van der Waals surface area contributed by atoms with Gasteiger partial charge in [0.05, 0.1) is 16.5 Å². The number of fused-ring (bicyclic) bond motifs is 3. The molecule has 2 aromatic carbocycles. The Bertz CT molecular complexity index is 1260. The zero-order valence-electron chi connectivity index (χ0n) is 17.6. The van der Waals surface area contributed by atoms with E-state index in [0.29, 0.717) is 57.5 Å². The number of nitrogens with zero attached hydrogens (tertiary/aromatic N) is 3. The zero-order valence-corrected chi connectivity index (χ0v) is 19.2. The van der Waals surface area contributed by atoms with E-state index in [1.165, 1.54) is 12.5 Å². The molecule has 2 aliphatic heterocycles. The Labute approximate surface area is 197 Å². The van der Waals surface area contributed by atoms with Gasteiger partial charge in [-0.05, 0) is 58.5 Å². The van der Waals surface area contributed by atoms with Crippen molar-refractivity contribution < 1.29 is 18.7 Å². The number of ether oxygens (including phenoxy) is 2. The van der Waals surface area contributed by atoms with Crippen molar-refractivity contribution in [1.29, 1.82) is 0 Å². The van der Waals surface area contributed by atoms with Crippen LogP contribution in [0.5, 0.6) is 11.5 Å². The number of benzene rings is 2. The van der Waals surface area contributed by atoms with Gasteiger partial charge in [-0.2, -0.15) is 4.98 Å². The Morgan fingerprint density at radius 2 is 1.91 bits per heavy atom. The summed E-state index contributed by atoms with van der Waals surface area (Å²) in [5.41, 5.74) is 1.22. The SMILES string of the molecule is O=C(CNc1nc(N2CC3CC3C2)nc2cc(Br)c(F)cc12)Nc1ccc2c(c1)OCCO2. The van der Waals surface area contributed by atoms with Crippen molar-refractivity contribution in [2.75, 3.05) is 48.4 Å². The minimum Gasteiger partial charge on any atom is -0.486 e. The maximum Gasteiger partial charge on any atom is 0.243 e. The van der Waals surface area contributed by atoms with Crippen LogP contribution in [-0.4, -0.2) is 48.7 Å². The van der Waals surface area contributed by atoms with E-state index in [2.05, 4.69) is 41.4 Å². The molecule has 0 bridgehead atoms. The van der Waals surface area contributed by atoms with Gasteiger partial charge >= 0.3 is 0 Å². The summed E-state index contributed by atoms with van der Waals surface area (Å²) in [6.45, 7) is 2.81. The van der Waals surface area contributed by atoms with Crippen LogP contribution in [-0.2, 0) is 4.79 Å². The number of anilines is 3. The molecule has 33 heavy (non-hydrogen) atoms. The zero-order chi connectivity index (χ0) is 22.5. The van der Waals surface area contributed by atoms with E-state index in [1.54, 1.807) is 24.3 Å². The van der Waals surface area contributed by atoms with E-state index in [4.69, 9.17) is 9.47 Å². The second-order valence-electron chi connectivity index (χ2n) is 8.58. The van der Waals surface area contributed by atoms with Crippen LogP contribution in [0.2, 0.25) is 0 Å². The van der Waals surface area contributed by atoms with Crippen LogP contribution < -0.4 is 25.0 Å². The van der Waals surface area contributed by atoms with Gasteiger partial charge in [-0.15, -0.1) is 0 Å². The van der Waals surface area contributed by atoms with E-state index >= 15 is 0 Å². The highest BCUT2D eigenvalue weighted by atomic mass is 79.9. The summed E-state index contributed by atoms with van der Waals surface area (Å²) in [5.74, 6) is 3.05. The number of aromatic nitrogens is 2. The fourth-order valence-corrected chi connectivity index (χ4v) is 4.77. The Kier molecular flexibility index (Phi) is 4.97. The van der Waals surface area contributed by atoms with E-state index in [9.17, 15) is 9.18 Å². The minimum absolute atomic E-state index is 0.0388. The lowest BCUT2D eigenvalue weighted by Crippen LogP contribution is -2.26. The van der Waals surface area contributed by atoms with E-state index < -0.39 is 5.82 Å². The summed E-state index contributed by atoms with van der Waals surface area (Å²) < 4.78 is 25.7. The Balaban J connectivity index is 1.22. The van der Waals surface area contributed by atoms with Gasteiger partial charge in [-0.1, -0.05) is 0 Å². The summed E-state index contributed by atoms with van der Waals surface area (Å²) in [4.78, 5) is 24.1. The third kappa shape index (κ3) is 4.03. The monoisotopic (exact) mass is 513 g/mol. The van der Waals surface area contributed by atoms with Crippen molar-refractivity contribution in [3.8, 4) is 11.5 Å². The molecule has 170 valence electrons. The molecule has 10 heteroatoms. The first-order chi connectivity index (χ1) is 16.0. The number of carbonyl (C=O) groups is 1. The molecule has 1 aliphatic carbocycles. The molecule has 6 rings (SSSR count). The summed E-state index contributed by atoms with van der Waals surface area (Å²) in [5, 5.41) is 6.44. The van der Waals surface area contributed by atoms with Gasteiger partial charge in [0.1, 0.15) is 24.8 Å². The number of hydrogen-bond donors (Lipinski definition) is 2. The Morgan fingerprint density at radius 1 is 1.12 bits per heavy atom. The molecule has 3 heterocycles. The number of nitrogens with one attached hydrogen (secondary N) is 2. The molecular formula is C23H21BrFN5O3. The van der Waals surface area contributed by atoms with Crippen LogP contribution >= 0.6 is 15.9 Å². The predicted octanol–water partition coefficient (Wildman–Crippen LogP) is 3.81. The highest BCUT2D eigenvalue weighted by molar-refractivity contribution is 9.10. The van der Waals surface area contributed by atoms with Crippen molar-refractivity contribution >= 4 is 50.2 Å². The van der Waals surface area contributed by atoms with Crippen LogP contribution in [0.25, 0.3) is 10.9 Å². The van der Waals surface area contributed by atoms with Gasteiger partial charge in [0, 0.05) is 30.2 Å². The standard InChI is InChI=1S/C23H21BrFN5O3/c24-16-8-18-15(7-17(16)25)22(29-23(28-18)30-10-12-5-13(12)11-30)26-9-21(31)27-14-1-2-19-20(6-14)33-4-3-32-19/h1-2,6-8,12-13H,3-5,9-11H2,(H,27,31)(H,26,28,29). The van der Waals surface area contributed by atoms with Crippen molar-refractivity contribution in [1.82, 2.24) is 9.97 Å². The topological polar surface area (TPSA) is 88.6 Å². The number of piperidine rings is 1. The van der Waals surface area contributed by atoms with E-state index in [-0.39, 0.29) is 12.5 Å². The number of amides is 1. The minimum atomic E-state index is -0.412. The molecule has 1 saturated carbocycles. The molecule has 1 amide bonds. The summed E-state index contributed by atoms with van der Waals surface area (Å²) in [6, 6.07) is 8.28. The molecule has 0 spiro atoms. The normalized spacial score (nSPS) is 20.5. The number of hydrogen-bond acceptors (Lipinski definition) is 7. The number of rotatable bonds is 5. The molecule has 2 unspecified atom stereocenters. The fourth-order valence-electron chi connectivity index (χ4n) is 4.44. The molecule has 2 N–H and O–H groups in total. The lowest BCUT2D eigenvalue weighted by atomic mass is 10.2. The van der Waals surface area contributed by atoms with Gasteiger partial charge < -0.3 is 25.0 Å². The highest BCUT2D eigenvalue weighted by Crippen LogP contribution is 2.46. The lowest BCUT2D eigenvalue weighted by molar-refractivity contribution is -0.114. The quantitative estimate of drug-likeness (QED) is 0.536. The van der Waals surface area contributed by atoms with Crippen molar-refractivity contribution in [3.63, 3.8) is 0 Å². The third-order valence-electron chi connectivity index (χ3n) is 6.23. The van der Waals surface area contributed by atoms with Gasteiger partial charge in [-0.3, -0.25) is 4.79 Å². The van der Waals surface area contributed by atoms with Gasteiger partial charge in [0.2, 0.25) is 11.9 Å². The second-order valence-corrected chi connectivity index (χ2v) is 9.43. The molecule has 3 aliphatic rings. The van der Waals surface area contributed by atoms with Crippen LogP contribution in [0.15, 0.2) is 34.8 Å². The number of halogens is 2. The maximum atomic E-state index is 14.3. The number of carbonyl (C=O) groups excluding carboxylic acids is 1. The second kappa shape index (κ2) is 8.02. The molecular weight excluding hydrogens is 493 g/mol. The molecule has 8 nitrogen and oxygen atoms in total. The average molecular weight is 514 g/mol. The molecule has 1 aromatic heterocycles. The van der Waals surface area contributed by atoms with Gasteiger partial charge in [-0.25, -0.2) is 9.37 Å². The first-order valence-electron chi connectivity index (χ1n) is 10.9. The van der Waals surface area contributed by atoms with Crippen molar-refractivity contribution in [2.45, 2.75) is 6.42 Å². The molecule has 3 aromatic rings. The predicted molar refractivity (Wildman–Crippen MR) is 126 cm³/mol. The smallest absolute Gasteiger partial charge is 0.243 e. The van der Waals surface area contributed by atoms with Gasteiger partial charge in [0.25, 0.3) is 0 Å².